The molecule has 0 atom stereocenters. The van der Waals surface area contributed by atoms with Crippen LogP contribution in [0.1, 0.15) is 11.1 Å². The Hall–Kier alpha value is -1.48. The predicted molar refractivity (Wildman–Crippen MR) is 70.9 cm³/mol. The molecule has 0 aromatic heterocycles. The van der Waals surface area contributed by atoms with E-state index in [0.29, 0.717) is 11.3 Å². The van der Waals surface area contributed by atoms with Gasteiger partial charge >= 0.3 is 0 Å². The SMILES string of the molecule is Cc1cc(Sc2ccccc2C)c(N)cc1F. The summed E-state index contributed by atoms with van der Waals surface area (Å²) in [7, 11) is 0. The molecule has 88 valence electrons. The van der Waals surface area contributed by atoms with Crippen LogP contribution < -0.4 is 5.73 Å². The Balaban J connectivity index is 2.37. The highest BCUT2D eigenvalue weighted by molar-refractivity contribution is 7.99. The Morgan fingerprint density at radius 2 is 1.71 bits per heavy atom. The topological polar surface area (TPSA) is 26.0 Å². The van der Waals surface area contributed by atoms with E-state index in [2.05, 4.69) is 13.0 Å². The Morgan fingerprint density at radius 1 is 1.00 bits per heavy atom. The van der Waals surface area contributed by atoms with E-state index in [9.17, 15) is 4.39 Å². The fourth-order valence-corrected chi connectivity index (χ4v) is 2.57. The molecule has 17 heavy (non-hydrogen) atoms. The number of halogens is 1. The van der Waals surface area contributed by atoms with Crippen molar-refractivity contribution in [1.29, 1.82) is 0 Å². The number of hydrogen-bond donors (Lipinski definition) is 1. The third kappa shape index (κ3) is 2.61. The molecule has 0 saturated heterocycles. The number of rotatable bonds is 2. The highest BCUT2D eigenvalue weighted by Gasteiger charge is 2.07. The lowest BCUT2D eigenvalue weighted by Gasteiger charge is -2.09. The molecule has 0 bridgehead atoms. The first-order valence-electron chi connectivity index (χ1n) is 5.37. The van der Waals surface area contributed by atoms with Crippen LogP contribution in [0.4, 0.5) is 10.1 Å². The van der Waals surface area contributed by atoms with E-state index in [4.69, 9.17) is 5.73 Å². The second kappa shape index (κ2) is 4.80. The quantitative estimate of drug-likeness (QED) is 0.806. The van der Waals surface area contributed by atoms with Gasteiger partial charge in [-0.1, -0.05) is 30.0 Å². The van der Waals surface area contributed by atoms with E-state index >= 15 is 0 Å². The number of hydrogen-bond acceptors (Lipinski definition) is 2. The Morgan fingerprint density at radius 3 is 2.41 bits per heavy atom. The molecule has 0 aliphatic rings. The molecular weight excluding hydrogens is 233 g/mol. The van der Waals surface area contributed by atoms with Crippen LogP contribution in [0.2, 0.25) is 0 Å². The molecule has 0 saturated carbocycles. The van der Waals surface area contributed by atoms with Crippen molar-refractivity contribution in [3.05, 3.63) is 53.3 Å². The molecule has 2 rings (SSSR count). The van der Waals surface area contributed by atoms with Gasteiger partial charge in [-0.25, -0.2) is 4.39 Å². The zero-order valence-electron chi connectivity index (χ0n) is 9.83. The van der Waals surface area contributed by atoms with Gasteiger partial charge in [0.2, 0.25) is 0 Å². The number of aryl methyl sites for hydroxylation is 2. The summed E-state index contributed by atoms with van der Waals surface area (Å²) in [6.45, 7) is 3.80. The van der Waals surface area contributed by atoms with E-state index in [1.165, 1.54) is 11.6 Å². The summed E-state index contributed by atoms with van der Waals surface area (Å²) in [5, 5.41) is 0. The molecule has 0 aliphatic heterocycles. The minimum Gasteiger partial charge on any atom is -0.398 e. The average Bonchev–Trinajstić information content (AvgIpc) is 2.29. The highest BCUT2D eigenvalue weighted by Crippen LogP contribution is 2.35. The molecule has 0 fully saturated rings. The van der Waals surface area contributed by atoms with Gasteiger partial charge in [0.05, 0.1) is 0 Å². The Bertz CT molecular complexity index is 552. The molecule has 0 spiro atoms. The molecule has 0 aliphatic carbocycles. The van der Waals surface area contributed by atoms with Gasteiger partial charge in [-0.3, -0.25) is 0 Å². The van der Waals surface area contributed by atoms with Gasteiger partial charge < -0.3 is 5.73 Å². The third-order valence-electron chi connectivity index (χ3n) is 2.60. The van der Waals surface area contributed by atoms with Crippen molar-refractivity contribution < 1.29 is 4.39 Å². The Labute approximate surface area is 105 Å². The first-order chi connectivity index (χ1) is 8.08. The minimum absolute atomic E-state index is 0.253. The molecule has 0 unspecified atom stereocenters. The van der Waals surface area contributed by atoms with Crippen LogP contribution in [0.3, 0.4) is 0 Å². The molecule has 0 amide bonds. The van der Waals surface area contributed by atoms with Crippen LogP contribution in [0.15, 0.2) is 46.2 Å². The van der Waals surface area contributed by atoms with Crippen LogP contribution in [-0.2, 0) is 0 Å². The Kier molecular flexibility index (Phi) is 3.38. The third-order valence-corrected chi connectivity index (χ3v) is 3.86. The zero-order valence-corrected chi connectivity index (χ0v) is 10.6. The molecule has 2 N–H and O–H groups in total. The summed E-state index contributed by atoms with van der Waals surface area (Å²) in [4.78, 5) is 2.04. The predicted octanol–water partition coefficient (Wildman–Crippen LogP) is 4.18. The highest BCUT2D eigenvalue weighted by atomic mass is 32.2. The van der Waals surface area contributed by atoms with Crippen molar-refractivity contribution >= 4 is 17.4 Å². The van der Waals surface area contributed by atoms with E-state index in [1.54, 1.807) is 24.8 Å². The van der Waals surface area contributed by atoms with Gasteiger partial charge in [-0.2, -0.15) is 0 Å². The maximum atomic E-state index is 13.3. The lowest BCUT2D eigenvalue weighted by Crippen LogP contribution is -1.93. The van der Waals surface area contributed by atoms with Crippen molar-refractivity contribution in [2.24, 2.45) is 0 Å². The monoisotopic (exact) mass is 247 g/mol. The second-order valence-corrected chi connectivity index (χ2v) is 5.09. The smallest absolute Gasteiger partial charge is 0.128 e. The number of anilines is 1. The van der Waals surface area contributed by atoms with Gasteiger partial charge in [0.25, 0.3) is 0 Å². The van der Waals surface area contributed by atoms with Gasteiger partial charge in [-0.15, -0.1) is 0 Å². The number of nitrogen functional groups attached to an aromatic ring is 1. The van der Waals surface area contributed by atoms with E-state index < -0.39 is 0 Å². The van der Waals surface area contributed by atoms with Crippen LogP contribution in [0, 0.1) is 19.7 Å². The summed E-state index contributed by atoms with van der Waals surface area (Å²) < 4.78 is 13.3. The van der Waals surface area contributed by atoms with Crippen molar-refractivity contribution in [3.8, 4) is 0 Å². The maximum Gasteiger partial charge on any atom is 0.128 e. The van der Waals surface area contributed by atoms with Crippen molar-refractivity contribution in [3.63, 3.8) is 0 Å². The van der Waals surface area contributed by atoms with Gasteiger partial charge in [0.1, 0.15) is 5.82 Å². The van der Waals surface area contributed by atoms with Gasteiger partial charge in [-0.05, 0) is 43.2 Å². The first kappa shape index (κ1) is 12.0. The molecule has 2 aromatic rings. The summed E-state index contributed by atoms with van der Waals surface area (Å²) in [6, 6.07) is 11.3. The van der Waals surface area contributed by atoms with Crippen molar-refractivity contribution in [1.82, 2.24) is 0 Å². The van der Waals surface area contributed by atoms with Gasteiger partial charge in [0, 0.05) is 15.5 Å². The van der Waals surface area contributed by atoms with Crippen molar-refractivity contribution in [2.75, 3.05) is 5.73 Å². The fourth-order valence-electron chi connectivity index (χ4n) is 1.55. The summed E-state index contributed by atoms with van der Waals surface area (Å²) in [5.74, 6) is -0.253. The standard InChI is InChI=1S/C14H14FNS/c1-9-5-3-4-6-13(9)17-14-7-10(2)11(15)8-12(14)16/h3-8H,16H2,1-2H3. The molecule has 3 heteroatoms. The van der Waals surface area contributed by atoms with Crippen LogP contribution in [0.25, 0.3) is 0 Å². The van der Waals surface area contributed by atoms with Crippen LogP contribution in [-0.4, -0.2) is 0 Å². The molecule has 0 radical (unpaired) electrons. The summed E-state index contributed by atoms with van der Waals surface area (Å²) in [5.41, 5.74) is 8.13. The summed E-state index contributed by atoms with van der Waals surface area (Å²) in [6.07, 6.45) is 0. The number of benzene rings is 2. The summed E-state index contributed by atoms with van der Waals surface area (Å²) >= 11 is 1.57. The van der Waals surface area contributed by atoms with E-state index in [1.807, 2.05) is 18.2 Å². The lowest BCUT2D eigenvalue weighted by molar-refractivity contribution is 0.618. The molecular formula is C14H14FNS. The normalized spacial score (nSPS) is 10.5. The maximum absolute atomic E-state index is 13.3. The van der Waals surface area contributed by atoms with E-state index in [0.717, 1.165) is 9.79 Å². The van der Waals surface area contributed by atoms with E-state index in [-0.39, 0.29) is 5.82 Å². The van der Waals surface area contributed by atoms with Crippen LogP contribution in [0.5, 0.6) is 0 Å². The van der Waals surface area contributed by atoms with Gasteiger partial charge in [0.15, 0.2) is 0 Å². The molecule has 2 aromatic carbocycles. The fraction of sp³-hybridized carbons (Fsp3) is 0.143. The zero-order chi connectivity index (χ0) is 12.4. The molecule has 0 heterocycles. The van der Waals surface area contributed by atoms with Crippen molar-refractivity contribution in [2.45, 2.75) is 23.6 Å². The van der Waals surface area contributed by atoms with Crippen LogP contribution >= 0.6 is 11.8 Å². The average molecular weight is 247 g/mol. The lowest BCUT2D eigenvalue weighted by atomic mass is 10.2. The first-order valence-corrected chi connectivity index (χ1v) is 6.18. The minimum atomic E-state index is -0.253. The molecule has 1 nitrogen and oxygen atoms in total. The largest absolute Gasteiger partial charge is 0.398 e. The number of nitrogens with two attached hydrogens (primary N) is 1. The second-order valence-electron chi connectivity index (χ2n) is 4.01.